The van der Waals surface area contributed by atoms with Gasteiger partial charge in [0.05, 0.1) is 16.6 Å². The Balaban J connectivity index is 0.930. The lowest BCUT2D eigenvalue weighted by Gasteiger charge is -2.21. The van der Waals surface area contributed by atoms with Crippen LogP contribution in [0.1, 0.15) is 61.1 Å². The molecule has 11 rings (SSSR count). The first-order chi connectivity index (χ1) is 29.5. The van der Waals surface area contributed by atoms with Crippen LogP contribution in [-0.4, -0.2) is 9.13 Å². The minimum absolute atomic E-state index is 0.289. The molecule has 60 heavy (non-hydrogen) atoms. The maximum atomic E-state index is 4.28. The number of benzene rings is 5. The molecular weight excluding hydrogens is 725 g/mol. The Kier molecular flexibility index (Phi) is 8.71. The Morgan fingerprint density at radius 1 is 0.750 bits per heavy atom. The summed E-state index contributed by atoms with van der Waals surface area (Å²) in [5.41, 5.74) is 23.5. The molecule has 1 unspecified atom stereocenters. The van der Waals surface area contributed by atoms with E-state index in [-0.39, 0.29) is 5.92 Å². The summed E-state index contributed by atoms with van der Waals surface area (Å²) in [4.78, 5) is 0. The van der Waals surface area contributed by atoms with Crippen molar-refractivity contribution in [2.24, 2.45) is 5.92 Å². The lowest BCUT2D eigenvalue weighted by molar-refractivity contribution is 0.753. The lowest BCUT2D eigenvalue weighted by Crippen LogP contribution is -2.06. The van der Waals surface area contributed by atoms with Crippen LogP contribution in [0.15, 0.2) is 199 Å². The molecule has 0 saturated heterocycles. The van der Waals surface area contributed by atoms with E-state index in [0.717, 1.165) is 32.1 Å². The second-order valence-electron chi connectivity index (χ2n) is 16.9. The van der Waals surface area contributed by atoms with E-state index >= 15 is 0 Å². The van der Waals surface area contributed by atoms with Crippen molar-refractivity contribution in [3.63, 3.8) is 0 Å². The van der Waals surface area contributed by atoms with Crippen molar-refractivity contribution in [3.8, 4) is 16.8 Å². The fourth-order valence-corrected chi connectivity index (χ4v) is 10.6. The van der Waals surface area contributed by atoms with Crippen molar-refractivity contribution >= 4 is 50.1 Å². The summed E-state index contributed by atoms with van der Waals surface area (Å²) in [5.74, 6) is 0.289. The molecule has 1 atom stereocenters. The third-order valence-corrected chi connectivity index (χ3v) is 13.5. The van der Waals surface area contributed by atoms with Gasteiger partial charge in [0.2, 0.25) is 0 Å². The molecule has 0 aliphatic heterocycles. The number of aromatic nitrogens is 2. The van der Waals surface area contributed by atoms with Crippen LogP contribution in [0, 0.1) is 5.92 Å². The predicted octanol–water partition coefficient (Wildman–Crippen LogP) is 15.1. The van der Waals surface area contributed by atoms with Gasteiger partial charge in [-0.1, -0.05) is 134 Å². The number of rotatable bonds is 8. The molecule has 290 valence electrons. The highest BCUT2D eigenvalue weighted by Crippen LogP contribution is 2.45. The zero-order valence-corrected chi connectivity index (χ0v) is 34.5. The monoisotopic (exact) mass is 772 g/mol. The van der Waals surface area contributed by atoms with Crippen LogP contribution in [-0.2, 0) is 12.8 Å². The Labute approximate surface area is 353 Å². The van der Waals surface area contributed by atoms with Gasteiger partial charge in [-0.2, -0.15) is 0 Å². The molecule has 0 amide bonds. The van der Waals surface area contributed by atoms with Crippen molar-refractivity contribution in [1.82, 2.24) is 9.13 Å². The highest BCUT2D eigenvalue weighted by atomic mass is 15.0. The topological polar surface area (TPSA) is 9.86 Å². The first-order valence-corrected chi connectivity index (χ1v) is 21.5. The molecule has 2 heteroatoms. The maximum absolute atomic E-state index is 4.28. The summed E-state index contributed by atoms with van der Waals surface area (Å²) >= 11 is 0. The highest BCUT2D eigenvalue weighted by Gasteiger charge is 2.28. The average molecular weight is 773 g/mol. The number of aryl methyl sites for hydroxylation is 1. The van der Waals surface area contributed by atoms with Gasteiger partial charge < -0.3 is 9.13 Å². The van der Waals surface area contributed by atoms with Crippen LogP contribution in [0.3, 0.4) is 0 Å². The highest BCUT2D eigenvalue weighted by molar-refractivity contribution is 6.09. The van der Waals surface area contributed by atoms with Gasteiger partial charge in [-0.25, -0.2) is 0 Å². The smallest absolute Gasteiger partial charge is 0.0541 e. The van der Waals surface area contributed by atoms with Crippen LogP contribution in [0.4, 0.5) is 0 Å². The van der Waals surface area contributed by atoms with E-state index in [0.29, 0.717) is 0 Å². The molecule has 0 fully saturated rings. The maximum Gasteiger partial charge on any atom is 0.0541 e. The van der Waals surface area contributed by atoms with Crippen LogP contribution in [0.25, 0.3) is 66.9 Å². The number of para-hydroxylation sites is 3. The van der Waals surface area contributed by atoms with Crippen molar-refractivity contribution in [2.75, 3.05) is 0 Å². The molecule has 0 N–H and O–H groups in total. The van der Waals surface area contributed by atoms with Crippen molar-refractivity contribution in [2.45, 2.75) is 46.0 Å². The third kappa shape index (κ3) is 5.77. The number of nitrogens with zero attached hydrogens (tertiary/aromatic N) is 2. The van der Waals surface area contributed by atoms with Gasteiger partial charge in [0.25, 0.3) is 0 Å². The van der Waals surface area contributed by atoms with Crippen molar-refractivity contribution in [1.29, 1.82) is 0 Å². The third-order valence-electron chi connectivity index (χ3n) is 13.5. The molecule has 2 nitrogen and oxygen atoms in total. The van der Waals surface area contributed by atoms with Crippen LogP contribution in [0.2, 0.25) is 0 Å². The van der Waals surface area contributed by atoms with E-state index < -0.39 is 0 Å². The number of allylic oxidation sites excluding steroid dienone is 15. The zero-order valence-electron chi connectivity index (χ0n) is 34.5. The Bertz CT molecular complexity index is 3170. The van der Waals surface area contributed by atoms with E-state index in [4.69, 9.17) is 0 Å². The quantitative estimate of drug-likeness (QED) is 0.136. The van der Waals surface area contributed by atoms with E-state index in [1.807, 2.05) is 6.08 Å². The van der Waals surface area contributed by atoms with Gasteiger partial charge in [0.1, 0.15) is 0 Å². The Morgan fingerprint density at radius 2 is 1.45 bits per heavy atom. The second-order valence-corrected chi connectivity index (χ2v) is 16.9. The summed E-state index contributed by atoms with van der Waals surface area (Å²) in [6, 6.07) is 40.5. The number of hydrogen-bond donors (Lipinski definition) is 0. The molecule has 2 aromatic heterocycles. The van der Waals surface area contributed by atoms with Gasteiger partial charge in [0, 0.05) is 39.2 Å². The normalized spacial score (nSPS) is 17.5. The molecule has 2 heterocycles. The average Bonchev–Trinajstić information content (AvgIpc) is 4.03. The molecule has 4 aliphatic rings. The molecular formula is C58H48N2. The predicted molar refractivity (Wildman–Crippen MR) is 256 cm³/mol. The van der Waals surface area contributed by atoms with Crippen LogP contribution < -0.4 is 0 Å². The number of fused-ring (bicyclic) bond motifs is 10. The van der Waals surface area contributed by atoms with Crippen LogP contribution >= 0.6 is 0 Å². The molecule has 4 aliphatic carbocycles. The summed E-state index contributed by atoms with van der Waals surface area (Å²) in [6.45, 7) is 13.0. The van der Waals surface area contributed by atoms with Gasteiger partial charge >= 0.3 is 0 Å². The largest absolute Gasteiger partial charge is 0.314 e. The minimum Gasteiger partial charge on any atom is -0.314 e. The summed E-state index contributed by atoms with van der Waals surface area (Å²) < 4.78 is 4.89. The van der Waals surface area contributed by atoms with Gasteiger partial charge in [-0.15, -0.1) is 0 Å². The fraction of sp³-hybridized carbons (Fsp3) is 0.138. The van der Waals surface area contributed by atoms with E-state index in [2.05, 4.69) is 194 Å². The van der Waals surface area contributed by atoms with E-state index in [1.54, 1.807) is 0 Å². The molecule has 7 aromatic rings. The van der Waals surface area contributed by atoms with Gasteiger partial charge in [-0.3, -0.25) is 0 Å². The van der Waals surface area contributed by atoms with E-state index in [1.165, 1.54) is 117 Å². The van der Waals surface area contributed by atoms with Crippen molar-refractivity contribution in [3.05, 3.63) is 227 Å². The van der Waals surface area contributed by atoms with Gasteiger partial charge in [-0.05, 0) is 156 Å². The molecule has 0 bridgehead atoms. The summed E-state index contributed by atoms with van der Waals surface area (Å²) in [5, 5.41) is 3.94. The first-order valence-electron chi connectivity index (χ1n) is 21.5. The summed E-state index contributed by atoms with van der Waals surface area (Å²) in [7, 11) is 0. The SMILES string of the molecule is C=C/C=C(\C=C(/C)C1C=C2C(=CC1)CC(C=C)=C2/C=C(\C)n1c2c(c3ccccc31)CCC=C2)c1ccc2c(c1)-c1cc(-n3c4ccccc4c4ccccc43)ccc1C2. The molecule has 5 aromatic carbocycles. The Hall–Kier alpha value is -6.90. The zero-order chi connectivity index (χ0) is 40.5. The molecule has 0 radical (unpaired) electrons. The minimum atomic E-state index is 0.289. The number of hydrogen-bond acceptors (Lipinski definition) is 0. The Morgan fingerprint density at radius 3 is 2.20 bits per heavy atom. The second kappa shape index (κ2) is 14.4. The lowest BCUT2D eigenvalue weighted by atomic mass is 9.84. The molecule has 0 saturated carbocycles. The molecule has 0 spiro atoms. The van der Waals surface area contributed by atoms with Gasteiger partial charge in [0.15, 0.2) is 0 Å². The summed E-state index contributed by atoms with van der Waals surface area (Å²) in [6.07, 6.45) is 25.7. The first kappa shape index (κ1) is 36.2. The fourth-order valence-electron chi connectivity index (χ4n) is 10.6. The standard InChI is InChI=1S/C58H48N2/c1-5-15-41(42-25-27-44-33-45-28-29-46(36-54(45)53(44)35-42)60-57-22-13-9-18-49(57)50-19-10-14-23-58(50)60)30-37(3)40-24-26-43-32-39(6-2)51(52(43)34-40)31-38(4)59-55-20-11-7-16-47(55)48-17-8-12-21-56(48)59/h5-7,9-16,18-23,25-31,34-36,40H,1-2,8,17,24,32-33H2,3-4H3/b37-30+,38-31+,41-15+. The van der Waals surface area contributed by atoms with E-state index in [9.17, 15) is 0 Å². The van der Waals surface area contributed by atoms with Crippen molar-refractivity contribution < 1.29 is 0 Å². The van der Waals surface area contributed by atoms with Crippen LogP contribution in [0.5, 0.6) is 0 Å².